The molecule has 1 aliphatic heterocycles. The van der Waals surface area contributed by atoms with E-state index in [2.05, 4.69) is 52.1 Å². The molecule has 6 heteroatoms. The van der Waals surface area contributed by atoms with Gasteiger partial charge in [0.05, 0.1) is 19.3 Å². The molecule has 0 unspecified atom stereocenters. The number of nitrogens with zero attached hydrogens (tertiary/aromatic N) is 1. The first-order chi connectivity index (χ1) is 11.7. The van der Waals surface area contributed by atoms with Crippen LogP contribution in [0.15, 0.2) is 41.8 Å². The maximum Gasteiger partial charge on any atom is 0.170 e. The summed E-state index contributed by atoms with van der Waals surface area (Å²) in [5.74, 6) is 0. The van der Waals surface area contributed by atoms with E-state index in [1.807, 2.05) is 12.1 Å². The maximum absolute atomic E-state index is 5.49. The fourth-order valence-corrected chi connectivity index (χ4v) is 3.93. The van der Waals surface area contributed by atoms with E-state index in [1.165, 1.54) is 10.4 Å². The minimum Gasteiger partial charge on any atom is -0.379 e. The average Bonchev–Trinajstić information content (AvgIpc) is 3.10. The number of anilines is 1. The molecule has 2 aromatic rings. The minimum atomic E-state index is 0.325. The summed E-state index contributed by atoms with van der Waals surface area (Å²) < 4.78 is 5.49. The van der Waals surface area contributed by atoms with Crippen molar-refractivity contribution in [2.75, 3.05) is 38.2 Å². The Hall–Kier alpha value is -1.47. The van der Waals surface area contributed by atoms with Gasteiger partial charge in [0, 0.05) is 30.2 Å². The van der Waals surface area contributed by atoms with Crippen molar-refractivity contribution in [1.29, 1.82) is 0 Å². The molecule has 128 valence electrons. The molecule has 1 aromatic carbocycles. The molecule has 1 aliphatic rings. The molecule has 1 aromatic heterocycles. The van der Waals surface area contributed by atoms with Crippen LogP contribution in [0.4, 0.5) is 5.69 Å². The third-order valence-corrected chi connectivity index (χ3v) is 5.31. The van der Waals surface area contributed by atoms with Gasteiger partial charge in [-0.25, -0.2) is 0 Å². The first-order valence-electron chi connectivity index (χ1n) is 8.19. The highest BCUT2D eigenvalue weighted by atomic mass is 32.1. The largest absolute Gasteiger partial charge is 0.379 e. The van der Waals surface area contributed by atoms with E-state index in [9.17, 15) is 0 Å². The Bertz CT molecular complexity index is 654. The topological polar surface area (TPSA) is 36.5 Å². The molecule has 3 rings (SSSR count). The lowest BCUT2D eigenvalue weighted by Gasteiger charge is -2.34. The summed E-state index contributed by atoms with van der Waals surface area (Å²) in [7, 11) is 0. The summed E-state index contributed by atoms with van der Waals surface area (Å²) in [4.78, 5) is 3.83. The highest BCUT2D eigenvalue weighted by Crippen LogP contribution is 2.25. The zero-order chi connectivity index (χ0) is 16.8. The fourth-order valence-electron chi connectivity index (χ4n) is 2.87. The van der Waals surface area contributed by atoms with Crippen molar-refractivity contribution >= 4 is 34.4 Å². The van der Waals surface area contributed by atoms with Crippen LogP contribution in [0.5, 0.6) is 0 Å². The van der Waals surface area contributed by atoms with Gasteiger partial charge in [-0.3, -0.25) is 4.90 Å². The molecule has 4 nitrogen and oxygen atoms in total. The predicted molar refractivity (Wildman–Crippen MR) is 105 cm³/mol. The van der Waals surface area contributed by atoms with Gasteiger partial charge in [-0.2, -0.15) is 0 Å². The first kappa shape index (κ1) is 17.4. The van der Waals surface area contributed by atoms with Crippen molar-refractivity contribution in [3.8, 4) is 0 Å². The Morgan fingerprint density at radius 2 is 2.12 bits per heavy atom. The van der Waals surface area contributed by atoms with Gasteiger partial charge in [0.15, 0.2) is 5.11 Å². The molecule has 0 saturated carbocycles. The summed E-state index contributed by atoms with van der Waals surface area (Å²) in [6.07, 6.45) is 0. The van der Waals surface area contributed by atoms with E-state index in [0.717, 1.165) is 38.5 Å². The normalized spacial score (nSPS) is 16.5. The molecule has 0 amide bonds. The number of thiophene rings is 1. The average molecular weight is 362 g/mol. The molecular formula is C18H23N3OS2. The van der Waals surface area contributed by atoms with Crippen LogP contribution < -0.4 is 10.6 Å². The molecular weight excluding hydrogens is 338 g/mol. The molecule has 1 fully saturated rings. The number of hydrogen-bond acceptors (Lipinski definition) is 4. The second-order valence-electron chi connectivity index (χ2n) is 5.88. The maximum atomic E-state index is 5.49. The Balaban J connectivity index is 1.59. The smallest absolute Gasteiger partial charge is 0.170 e. The Kier molecular flexibility index (Phi) is 6.20. The van der Waals surface area contributed by atoms with E-state index in [0.29, 0.717) is 11.2 Å². The van der Waals surface area contributed by atoms with Crippen LogP contribution >= 0.6 is 23.6 Å². The quantitative estimate of drug-likeness (QED) is 0.798. The monoisotopic (exact) mass is 361 g/mol. The van der Waals surface area contributed by atoms with Gasteiger partial charge in [0.25, 0.3) is 0 Å². The van der Waals surface area contributed by atoms with Crippen LogP contribution in [0.1, 0.15) is 16.5 Å². The molecule has 24 heavy (non-hydrogen) atoms. The number of ether oxygens (including phenoxy) is 1. The van der Waals surface area contributed by atoms with E-state index in [-0.39, 0.29) is 0 Å². The van der Waals surface area contributed by atoms with Crippen molar-refractivity contribution in [2.45, 2.75) is 13.0 Å². The lowest BCUT2D eigenvalue weighted by Crippen LogP contribution is -2.44. The summed E-state index contributed by atoms with van der Waals surface area (Å²) in [6, 6.07) is 12.9. The first-order valence-corrected chi connectivity index (χ1v) is 9.48. The van der Waals surface area contributed by atoms with Gasteiger partial charge in [-0.1, -0.05) is 18.2 Å². The minimum absolute atomic E-state index is 0.325. The molecule has 0 bridgehead atoms. The van der Waals surface area contributed by atoms with Crippen LogP contribution in [0, 0.1) is 6.92 Å². The molecule has 1 atom stereocenters. The molecule has 2 N–H and O–H groups in total. The molecule has 0 spiro atoms. The lowest BCUT2D eigenvalue weighted by atomic mass is 10.2. The highest BCUT2D eigenvalue weighted by molar-refractivity contribution is 7.80. The van der Waals surface area contributed by atoms with E-state index < -0.39 is 0 Å². The summed E-state index contributed by atoms with van der Waals surface area (Å²) in [5, 5.41) is 9.44. The number of thiocarbonyl (C=S) groups is 1. The van der Waals surface area contributed by atoms with Gasteiger partial charge in [0.1, 0.15) is 0 Å². The summed E-state index contributed by atoms with van der Waals surface area (Å²) in [6.45, 7) is 6.39. The highest BCUT2D eigenvalue weighted by Gasteiger charge is 2.23. The second-order valence-corrected chi connectivity index (χ2v) is 7.27. The van der Waals surface area contributed by atoms with Crippen LogP contribution in [-0.4, -0.2) is 42.9 Å². The van der Waals surface area contributed by atoms with Crippen LogP contribution in [0.25, 0.3) is 0 Å². The third-order valence-electron chi connectivity index (χ3n) is 4.09. The molecule has 1 saturated heterocycles. The van der Waals surface area contributed by atoms with Gasteiger partial charge in [-0.05, 0) is 48.3 Å². The second kappa shape index (κ2) is 8.58. The summed E-state index contributed by atoms with van der Waals surface area (Å²) >= 11 is 7.26. The number of hydrogen-bond donors (Lipinski definition) is 2. The number of morpholine rings is 1. The van der Waals surface area contributed by atoms with Gasteiger partial charge < -0.3 is 15.4 Å². The van der Waals surface area contributed by atoms with E-state index in [4.69, 9.17) is 17.0 Å². The number of nitrogens with one attached hydrogen (secondary N) is 2. The molecule has 0 radical (unpaired) electrons. The van der Waals surface area contributed by atoms with E-state index in [1.54, 1.807) is 11.3 Å². The summed E-state index contributed by atoms with van der Waals surface area (Å²) in [5.41, 5.74) is 2.24. The van der Waals surface area contributed by atoms with Gasteiger partial charge in [-0.15, -0.1) is 11.3 Å². The van der Waals surface area contributed by atoms with Gasteiger partial charge in [0.2, 0.25) is 0 Å². The fraction of sp³-hybridized carbons (Fsp3) is 0.389. The Morgan fingerprint density at radius 1 is 1.29 bits per heavy atom. The standard InChI is InChI=1S/C18H23N3OS2/c1-14-4-2-5-15(12-14)20-18(23)19-13-16(17-6-3-11-24-17)21-7-9-22-10-8-21/h2-6,11-12,16H,7-10,13H2,1H3,(H2,19,20,23)/t16-/m1/s1. The Labute approximate surface area is 152 Å². The van der Waals surface area contributed by atoms with Crippen molar-refractivity contribution in [1.82, 2.24) is 10.2 Å². The van der Waals surface area contributed by atoms with Crippen LogP contribution in [-0.2, 0) is 4.74 Å². The van der Waals surface area contributed by atoms with Gasteiger partial charge >= 0.3 is 0 Å². The predicted octanol–water partition coefficient (Wildman–Crippen LogP) is 3.42. The Morgan fingerprint density at radius 3 is 2.83 bits per heavy atom. The zero-order valence-corrected chi connectivity index (χ0v) is 15.5. The van der Waals surface area contributed by atoms with Crippen molar-refractivity contribution in [2.24, 2.45) is 0 Å². The number of aryl methyl sites for hydroxylation is 1. The molecule has 0 aliphatic carbocycles. The van der Waals surface area contributed by atoms with Crippen LogP contribution in [0.2, 0.25) is 0 Å². The number of benzene rings is 1. The van der Waals surface area contributed by atoms with Crippen molar-refractivity contribution in [3.05, 3.63) is 52.2 Å². The third kappa shape index (κ3) is 4.77. The SMILES string of the molecule is Cc1cccc(NC(=S)NC[C@H](c2cccs2)N2CCOCC2)c1. The zero-order valence-electron chi connectivity index (χ0n) is 13.8. The molecule has 2 heterocycles. The van der Waals surface area contributed by atoms with Crippen LogP contribution in [0.3, 0.4) is 0 Å². The number of rotatable bonds is 5. The lowest BCUT2D eigenvalue weighted by molar-refractivity contribution is 0.0177. The van der Waals surface area contributed by atoms with Crippen molar-refractivity contribution < 1.29 is 4.74 Å². The van der Waals surface area contributed by atoms with Crippen molar-refractivity contribution in [3.63, 3.8) is 0 Å². The van der Waals surface area contributed by atoms with E-state index >= 15 is 0 Å².